The maximum absolute atomic E-state index is 12.1. The number of amides is 1. The van der Waals surface area contributed by atoms with Crippen LogP contribution in [0.15, 0.2) is 0 Å². The van der Waals surface area contributed by atoms with Crippen LogP contribution in [0.1, 0.15) is 26.7 Å². The summed E-state index contributed by atoms with van der Waals surface area (Å²) < 4.78 is 5.49. The minimum atomic E-state index is -0.199. The molecule has 0 radical (unpaired) electrons. The summed E-state index contributed by atoms with van der Waals surface area (Å²) in [4.78, 5) is 14.5. The Morgan fingerprint density at radius 1 is 1.45 bits per heavy atom. The van der Waals surface area contributed by atoms with Crippen LogP contribution in [0.5, 0.6) is 0 Å². The van der Waals surface area contributed by atoms with Crippen LogP contribution in [0.2, 0.25) is 0 Å². The van der Waals surface area contributed by atoms with Crippen LogP contribution in [-0.4, -0.2) is 61.8 Å². The summed E-state index contributed by atoms with van der Waals surface area (Å²) in [5, 5.41) is 6.28. The van der Waals surface area contributed by atoms with E-state index in [4.69, 9.17) is 4.74 Å². The van der Waals surface area contributed by atoms with Crippen LogP contribution in [-0.2, 0) is 9.53 Å². The summed E-state index contributed by atoms with van der Waals surface area (Å²) in [6.07, 6.45) is 2.40. The molecule has 2 fully saturated rings. The van der Waals surface area contributed by atoms with Crippen molar-refractivity contribution >= 4 is 30.7 Å². The van der Waals surface area contributed by atoms with Crippen LogP contribution in [0.3, 0.4) is 0 Å². The van der Waals surface area contributed by atoms with Gasteiger partial charge in [0.05, 0.1) is 12.7 Å². The molecule has 120 valence electrons. The zero-order valence-electron chi connectivity index (χ0n) is 12.3. The van der Waals surface area contributed by atoms with Crippen molar-refractivity contribution in [3.8, 4) is 0 Å². The Labute approximate surface area is 134 Å². The second kappa shape index (κ2) is 9.79. The van der Waals surface area contributed by atoms with Gasteiger partial charge < -0.3 is 15.4 Å². The van der Waals surface area contributed by atoms with Gasteiger partial charge in [0.25, 0.3) is 0 Å². The van der Waals surface area contributed by atoms with E-state index < -0.39 is 0 Å². The normalized spacial score (nSPS) is 30.2. The van der Waals surface area contributed by atoms with Crippen LogP contribution in [0.25, 0.3) is 0 Å². The van der Waals surface area contributed by atoms with Crippen molar-refractivity contribution < 1.29 is 9.53 Å². The molecule has 0 bridgehead atoms. The molecule has 2 aliphatic heterocycles. The molecule has 2 saturated heterocycles. The van der Waals surface area contributed by atoms with Crippen molar-refractivity contribution in [3.63, 3.8) is 0 Å². The van der Waals surface area contributed by atoms with Gasteiger partial charge >= 0.3 is 0 Å². The number of rotatable bonds is 4. The quantitative estimate of drug-likeness (QED) is 0.802. The summed E-state index contributed by atoms with van der Waals surface area (Å²) in [5.41, 5.74) is 0. The molecule has 0 aromatic rings. The van der Waals surface area contributed by atoms with Gasteiger partial charge in [-0.25, -0.2) is 0 Å². The van der Waals surface area contributed by atoms with Gasteiger partial charge in [0, 0.05) is 19.1 Å². The Morgan fingerprint density at radius 3 is 2.85 bits per heavy atom. The van der Waals surface area contributed by atoms with E-state index in [0.29, 0.717) is 12.6 Å². The fourth-order valence-electron chi connectivity index (χ4n) is 2.90. The molecule has 0 aromatic heterocycles. The zero-order valence-corrected chi connectivity index (χ0v) is 13.9. The Kier molecular flexibility index (Phi) is 9.76. The highest BCUT2D eigenvalue weighted by Crippen LogP contribution is 2.15. The molecule has 0 aromatic carbocycles. The van der Waals surface area contributed by atoms with Crippen molar-refractivity contribution in [2.24, 2.45) is 0 Å². The molecule has 0 aliphatic carbocycles. The van der Waals surface area contributed by atoms with E-state index in [2.05, 4.69) is 22.5 Å². The van der Waals surface area contributed by atoms with Gasteiger partial charge in [-0.3, -0.25) is 9.69 Å². The van der Waals surface area contributed by atoms with Crippen molar-refractivity contribution in [2.45, 2.75) is 44.9 Å². The van der Waals surface area contributed by atoms with Gasteiger partial charge in [0.15, 0.2) is 0 Å². The van der Waals surface area contributed by atoms with Gasteiger partial charge in [-0.05, 0) is 32.9 Å². The second-order valence-electron chi connectivity index (χ2n) is 5.18. The molecule has 2 aliphatic rings. The van der Waals surface area contributed by atoms with Crippen molar-refractivity contribution in [2.75, 3.05) is 32.8 Å². The Hall–Kier alpha value is -0.0700. The van der Waals surface area contributed by atoms with E-state index in [1.54, 1.807) is 0 Å². The number of ether oxygens (including phenoxy) is 1. The lowest BCUT2D eigenvalue weighted by Gasteiger charge is -2.30. The van der Waals surface area contributed by atoms with Crippen molar-refractivity contribution in [3.05, 3.63) is 0 Å². The summed E-state index contributed by atoms with van der Waals surface area (Å²) >= 11 is 0. The maximum Gasteiger partial charge on any atom is 0.239 e. The number of nitrogens with one attached hydrogen (secondary N) is 2. The molecular formula is C13H27Cl2N3O2. The molecule has 0 spiro atoms. The number of hydrogen-bond donors (Lipinski definition) is 2. The first-order chi connectivity index (χ1) is 8.72. The number of likely N-dealkylation sites (N-methyl/N-ethyl adjacent to an activating group) is 1. The third-order valence-corrected chi connectivity index (χ3v) is 4.02. The molecule has 0 saturated carbocycles. The SMILES string of the molecule is CCN1CCCC1CNC(=O)[C@H]1NCCO[C@@H]1C.Cl.Cl. The monoisotopic (exact) mass is 327 g/mol. The number of nitrogens with zero attached hydrogens (tertiary/aromatic N) is 1. The highest BCUT2D eigenvalue weighted by Gasteiger charge is 2.29. The third-order valence-electron chi connectivity index (χ3n) is 4.02. The number of morpholine rings is 1. The number of halogens is 2. The minimum Gasteiger partial charge on any atom is -0.375 e. The Bertz CT molecular complexity index is 295. The van der Waals surface area contributed by atoms with Crippen molar-refractivity contribution in [1.29, 1.82) is 0 Å². The van der Waals surface area contributed by atoms with Gasteiger partial charge in [-0.15, -0.1) is 24.8 Å². The minimum absolute atomic E-state index is 0. The Morgan fingerprint density at radius 2 is 2.20 bits per heavy atom. The molecule has 1 unspecified atom stereocenters. The average molecular weight is 328 g/mol. The standard InChI is InChI=1S/C13H25N3O2.2ClH/c1-3-16-7-4-5-11(16)9-15-13(17)12-10(2)18-8-6-14-12;;/h10-12,14H,3-9H2,1-2H3,(H,15,17);2*1H/t10-,11?,12+;;/m1../s1. The summed E-state index contributed by atoms with van der Waals surface area (Å²) in [6, 6.07) is 0.314. The third kappa shape index (κ3) is 5.04. The van der Waals surface area contributed by atoms with E-state index in [1.165, 1.54) is 12.8 Å². The largest absolute Gasteiger partial charge is 0.375 e. The number of carbonyl (C=O) groups excluding carboxylic acids is 1. The molecule has 1 amide bonds. The topological polar surface area (TPSA) is 53.6 Å². The maximum atomic E-state index is 12.1. The molecule has 3 atom stereocenters. The van der Waals surface area contributed by atoms with Gasteiger partial charge in [0.1, 0.15) is 6.04 Å². The molecule has 20 heavy (non-hydrogen) atoms. The van der Waals surface area contributed by atoms with Crippen LogP contribution in [0, 0.1) is 0 Å². The molecule has 2 rings (SSSR count). The first-order valence-corrected chi connectivity index (χ1v) is 7.09. The average Bonchev–Trinajstić information content (AvgIpc) is 2.84. The van der Waals surface area contributed by atoms with Gasteiger partial charge in [-0.1, -0.05) is 6.92 Å². The van der Waals surface area contributed by atoms with Crippen molar-refractivity contribution in [1.82, 2.24) is 15.5 Å². The van der Waals surface area contributed by atoms with E-state index in [0.717, 1.165) is 26.2 Å². The summed E-state index contributed by atoms with van der Waals surface area (Å²) in [7, 11) is 0. The molecule has 5 nitrogen and oxygen atoms in total. The molecule has 7 heteroatoms. The first-order valence-electron chi connectivity index (χ1n) is 7.09. The predicted octanol–water partition coefficient (Wildman–Crippen LogP) is 0.807. The molecule has 2 N–H and O–H groups in total. The van der Waals surface area contributed by atoms with E-state index >= 15 is 0 Å². The lowest BCUT2D eigenvalue weighted by molar-refractivity contribution is -0.129. The van der Waals surface area contributed by atoms with Crippen LogP contribution >= 0.6 is 24.8 Å². The fourth-order valence-corrected chi connectivity index (χ4v) is 2.90. The lowest BCUT2D eigenvalue weighted by Crippen LogP contribution is -2.56. The van der Waals surface area contributed by atoms with E-state index in [-0.39, 0.29) is 42.9 Å². The predicted molar refractivity (Wildman–Crippen MR) is 85.0 cm³/mol. The van der Waals surface area contributed by atoms with Crippen LogP contribution < -0.4 is 10.6 Å². The molecular weight excluding hydrogens is 301 g/mol. The zero-order chi connectivity index (χ0) is 13.0. The number of carbonyl (C=O) groups is 1. The first kappa shape index (κ1) is 19.9. The number of hydrogen-bond acceptors (Lipinski definition) is 4. The summed E-state index contributed by atoms with van der Waals surface area (Å²) in [5.74, 6) is 0.0742. The Balaban J connectivity index is 0.00000180. The second-order valence-corrected chi connectivity index (χ2v) is 5.18. The van der Waals surface area contributed by atoms with Crippen LogP contribution in [0.4, 0.5) is 0 Å². The lowest BCUT2D eigenvalue weighted by atomic mass is 10.1. The molecule has 2 heterocycles. The fraction of sp³-hybridized carbons (Fsp3) is 0.923. The smallest absolute Gasteiger partial charge is 0.239 e. The van der Waals surface area contributed by atoms with Gasteiger partial charge in [0.2, 0.25) is 5.91 Å². The highest BCUT2D eigenvalue weighted by molar-refractivity contribution is 5.85. The van der Waals surface area contributed by atoms with E-state index in [9.17, 15) is 4.79 Å². The number of likely N-dealkylation sites (tertiary alicyclic amines) is 1. The van der Waals surface area contributed by atoms with Gasteiger partial charge in [-0.2, -0.15) is 0 Å². The van der Waals surface area contributed by atoms with E-state index in [1.807, 2.05) is 6.92 Å². The summed E-state index contributed by atoms with van der Waals surface area (Å²) in [6.45, 7) is 8.57. The highest BCUT2D eigenvalue weighted by atomic mass is 35.5.